The van der Waals surface area contributed by atoms with Gasteiger partial charge in [-0.15, -0.1) is 0 Å². The number of carbonyl (C=O) groups is 1. The molecule has 10 atom stereocenters. The molecule has 0 radical (unpaired) electrons. The maximum Gasteiger partial charge on any atom is 0.338 e. The Morgan fingerprint density at radius 3 is 2.49 bits per heavy atom. The Kier molecular flexibility index (Phi) is 7.13. The van der Waals surface area contributed by atoms with Crippen molar-refractivity contribution in [2.75, 3.05) is 7.11 Å². The SMILES string of the molecule is COc1ccc(C(=O)O[C@@H]2CC[C@]3(C)[C@H]4CC[C@]5(C)[C@@H]([C@H](C)CCCC(C)C)CC[C@H]5[C@@H]4C[C@@H]4O[C@@]43C2)cc1. The molecule has 216 valence electrons. The van der Waals surface area contributed by atoms with Crippen LogP contribution in [0.3, 0.4) is 0 Å². The van der Waals surface area contributed by atoms with Crippen molar-refractivity contribution in [2.24, 2.45) is 46.3 Å². The molecule has 0 bridgehead atoms. The van der Waals surface area contributed by atoms with Crippen LogP contribution in [0.2, 0.25) is 0 Å². The minimum absolute atomic E-state index is 0.0503. The van der Waals surface area contributed by atoms with E-state index in [1.807, 2.05) is 12.1 Å². The van der Waals surface area contributed by atoms with E-state index in [9.17, 15) is 4.79 Å². The van der Waals surface area contributed by atoms with Crippen molar-refractivity contribution in [1.29, 1.82) is 0 Å². The number of hydrogen-bond donors (Lipinski definition) is 0. The summed E-state index contributed by atoms with van der Waals surface area (Å²) in [5.74, 6) is 5.51. The van der Waals surface area contributed by atoms with Crippen molar-refractivity contribution in [2.45, 2.75) is 123 Å². The maximum atomic E-state index is 12.9. The first-order valence-electron chi connectivity index (χ1n) is 16.1. The molecule has 1 saturated heterocycles. The molecule has 5 aliphatic rings. The number of epoxide rings is 1. The van der Waals surface area contributed by atoms with E-state index < -0.39 is 0 Å². The zero-order valence-electron chi connectivity index (χ0n) is 25.3. The molecule has 5 fully saturated rings. The molecule has 4 heteroatoms. The van der Waals surface area contributed by atoms with E-state index in [0.29, 0.717) is 17.1 Å². The molecule has 4 saturated carbocycles. The highest BCUT2D eigenvalue weighted by molar-refractivity contribution is 5.89. The second kappa shape index (κ2) is 10.1. The Morgan fingerprint density at radius 2 is 1.77 bits per heavy atom. The number of esters is 1. The molecular weight excluding hydrogens is 484 g/mol. The number of fused-ring (bicyclic) bond motifs is 4. The highest BCUT2D eigenvalue weighted by atomic mass is 16.6. The predicted molar refractivity (Wildman–Crippen MR) is 155 cm³/mol. The van der Waals surface area contributed by atoms with Crippen LogP contribution in [0.1, 0.15) is 116 Å². The van der Waals surface area contributed by atoms with Gasteiger partial charge in [0.1, 0.15) is 17.5 Å². The number of rotatable bonds is 8. The van der Waals surface area contributed by atoms with Crippen molar-refractivity contribution in [3.05, 3.63) is 29.8 Å². The predicted octanol–water partition coefficient (Wildman–Crippen LogP) is 8.47. The Hall–Kier alpha value is -1.55. The topological polar surface area (TPSA) is 48.1 Å². The van der Waals surface area contributed by atoms with E-state index in [1.54, 1.807) is 19.2 Å². The fourth-order valence-corrected chi connectivity index (χ4v) is 10.7. The highest BCUT2D eigenvalue weighted by Crippen LogP contribution is 2.74. The zero-order chi connectivity index (χ0) is 27.6. The molecule has 1 aromatic carbocycles. The summed E-state index contributed by atoms with van der Waals surface area (Å²) in [5, 5.41) is 0. The molecule has 0 aromatic heterocycles. The minimum Gasteiger partial charge on any atom is -0.497 e. The normalized spacial score (nSPS) is 43.1. The van der Waals surface area contributed by atoms with Gasteiger partial charge in [0.05, 0.1) is 18.8 Å². The number of methoxy groups -OCH3 is 1. The van der Waals surface area contributed by atoms with Gasteiger partial charge in [0.15, 0.2) is 0 Å². The summed E-state index contributed by atoms with van der Waals surface area (Å²) >= 11 is 0. The molecule has 0 N–H and O–H groups in total. The average molecular weight is 537 g/mol. The second-order valence-corrected chi connectivity index (χ2v) is 15.1. The van der Waals surface area contributed by atoms with Gasteiger partial charge in [-0.25, -0.2) is 4.79 Å². The fraction of sp³-hybridized carbons (Fsp3) is 0.800. The smallest absolute Gasteiger partial charge is 0.338 e. The van der Waals surface area contributed by atoms with Crippen molar-refractivity contribution < 1.29 is 19.0 Å². The van der Waals surface area contributed by atoms with E-state index in [-0.39, 0.29) is 23.1 Å². The Morgan fingerprint density at radius 1 is 1.00 bits per heavy atom. The molecule has 1 aliphatic heterocycles. The van der Waals surface area contributed by atoms with Crippen LogP contribution in [0.4, 0.5) is 0 Å². The standard InChI is InChI=1S/C35H52O4/c1-22(2)8-7-9-23(3)28-14-15-29-27-20-31-35(39-31)21-26(38-32(36)24-10-12-25(37-6)13-11-24)16-19-34(35,5)30(27)17-18-33(28,29)4/h10-13,22-23,26-31H,7-9,14-21H2,1-6H3/t23-,26-,27+,28-,29+,30+,31+,33-,34-,35+/m1/s1. The van der Waals surface area contributed by atoms with Crippen LogP contribution in [0.15, 0.2) is 24.3 Å². The van der Waals surface area contributed by atoms with Crippen molar-refractivity contribution >= 4 is 5.97 Å². The molecule has 4 nitrogen and oxygen atoms in total. The monoisotopic (exact) mass is 536 g/mol. The van der Waals surface area contributed by atoms with Gasteiger partial charge in [0.25, 0.3) is 0 Å². The van der Waals surface area contributed by atoms with Gasteiger partial charge in [0, 0.05) is 11.8 Å². The Bertz CT molecular complexity index is 1050. The van der Waals surface area contributed by atoms with Crippen LogP contribution < -0.4 is 4.74 Å². The largest absolute Gasteiger partial charge is 0.497 e. The molecule has 1 aromatic rings. The number of hydrogen-bond acceptors (Lipinski definition) is 4. The van der Waals surface area contributed by atoms with Crippen LogP contribution in [-0.4, -0.2) is 30.9 Å². The Balaban J connectivity index is 1.12. The molecule has 0 unspecified atom stereocenters. The van der Waals surface area contributed by atoms with Gasteiger partial charge < -0.3 is 14.2 Å². The summed E-state index contributed by atoms with van der Waals surface area (Å²) in [4.78, 5) is 12.9. The first-order chi connectivity index (χ1) is 18.6. The van der Waals surface area contributed by atoms with Crippen LogP contribution in [0, 0.1) is 46.3 Å². The van der Waals surface area contributed by atoms with E-state index in [2.05, 4.69) is 34.6 Å². The van der Waals surface area contributed by atoms with Gasteiger partial charge >= 0.3 is 5.97 Å². The third-order valence-electron chi connectivity index (χ3n) is 12.8. The van der Waals surface area contributed by atoms with Crippen LogP contribution in [-0.2, 0) is 9.47 Å². The summed E-state index contributed by atoms with van der Waals surface area (Å²) in [6.07, 6.45) is 14.3. The van der Waals surface area contributed by atoms with Gasteiger partial charge in [-0.05, 0) is 110 Å². The molecule has 0 amide bonds. The lowest BCUT2D eigenvalue weighted by atomic mass is 9.44. The van der Waals surface area contributed by atoms with Crippen LogP contribution in [0.25, 0.3) is 0 Å². The molecule has 6 rings (SSSR count). The van der Waals surface area contributed by atoms with Crippen molar-refractivity contribution in [3.8, 4) is 5.75 Å². The van der Waals surface area contributed by atoms with Crippen LogP contribution >= 0.6 is 0 Å². The average Bonchev–Trinajstić information content (AvgIpc) is 3.49. The van der Waals surface area contributed by atoms with Crippen molar-refractivity contribution in [1.82, 2.24) is 0 Å². The first-order valence-corrected chi connectivity index (χ1v) is 16.1. The lowest BCUT2D eigenvalue weighted by molar-refractivity contribution is -0.118. The second-order valence-electron chi connectivity index (χ2n) is 15.1. The van der Waals surface area contributed by atoms with E-state index in [4.69, 9.17) is 14.2 Å². The number of ether oxygens (including phenoxy) is 3. The van der Waals surface area contributed by atoms with Gasteiger partial charge in [0.2, 0.25) is 0 Å². The first kappa shape index (κ1) is 27.6. The zero-order valence-corrected chi connectivity index (χ0v) is 25.3. The fourth-order valence-electron chi connectivity index (χ4n) is 10.7. The molecule has 4 aliphatic carbocycles. The molecule has 39 heavy (non-hydrogen) atoms. The third kappa shape index (κ3) is 4.46. The van der Waals surface area contributed by atoms with E-state index >= 15 is 0 Å². The van der Waals surface area contributed by atoms with E-state index in [0.717, 1.165) is 60.5 Å². The summed E-state index contributed by atoms with van der Waals surface area (Å²) < 4.78 is 18.1. The quantitative estimate of drug-likeness (QED) is 0.247. The number of benzene rings is 1. The summed E-state index contributed by atoms with van der Waals surface area (Å²) in [6, 6.07) is 7.25. The van der Waals surface area contributed by atoms with Crippen LogP contribution in [0.5, 0.6) is 5.75 Å². The Labute approximate surface area is 236 Å². The lowest BCUT2D eigenvalue weighted by Crippen LogP contribution is -2.59. The molecular formula is C35H52O4. The molecule has 1 spiro atoms. The summed E-state index contributed by atoms with van der Waals surface area (Å²) in [7, 11) is 1.64. The summed E-state index contributed by atoms with van der Waals surface area (Å²) in [6.45, 7) is 12.5. The van der Waals surface area contributed by atoms with Gasteiger partial charge in [-0.2, -0.15) is 0 Å². The van der Waals surface area contributed by atoms with E-state index in [1.165, 1.54) is 51.4 Å². The highest BCUT2D eigenvalue weighted by Gasteiger charge is 2.76. The third-order valence-corrected chi connectivity index (χ3v) is 12.8. The molecule has 1 heterocycles. The number of carbonyl (C=O) groups excluding carboxylic acids is 1. The van der Waals surface area contributed by atoms with Gasteiger partial charge in [-0.3, -0.25) is 0 Å². The maximum absolute atomic E-state index is 12.9. The van der Waals surface area contributed by atoms with Gasteiger partial charge in [-0.1, -0.05) is 53.9 Å². The summed E-state index contributed by atoms with van der Waals surface area (Å²) in [5.41, 5.74) is 1.24. The lowest BCUT2D eigenvalue weighted by Gasteiger charge is -2.59. The van der Waals surface area contributed by atoms with Crippen molar-refractivity contribution in [3.63, 3.8) is 0 Å². The minimum atomic E-state index is -0.221.